The quantitative estimate of drug-likeness (QED) is 0.179. The zero-order valence-electron chi connectivity index (χ0n) is 19.4. The van der Waals surface area contributed by atoms with Gasteiger partial charge in [0.2, 0.25) is 5.95 Å². The maximum atomic E-state index is 13.3. The summed E-state index contributed by atoms with van der Waals surface area (Å²) in [6.45, 7) is 0. The Balaban J connectivity index is 1.42. The number of anilines is 2. The Kier molecular flexibility index (Phi) is 5.83. The van der Waals surface area contributed by atoms with Crippen LogP contribution in [0.2, 0.25) is 10.0 Å². The molecule has 0 aliphatic carbocycles. The van der Waals surface area contributed by atoms with Crippen LogP contribution in [-0.4, -0.2) is 29.4 Å². The molecule has 188 valence electrons. The summed E-state index contributed by atoms with van der Waals surface area (Å²) in [5.74, 6) is 0.741. The van der Waals surface area contributed by atoms with Gasteiger partial charge in [-0.05, 0) is 24.3 Å². The van der Waals surface area contributed by atoms with E-state index in [1.165, 1.54) is 23.5 Å². The van der Waals surface area contributed by atoms with Gasteiger partial charge >= 0.3 is 0 Å². The van der Waals surface area contributed by atoms with Crippen molar-refractivity contribution in [2.24, 2.45) is 7.05 Å². The van der Waals surface area contributed by atoms with E-state index in [1.54, 1.807) is 59.5 Å². The number of rotatable bonds is 5. The van der Waals surface area contributed by atoms with E-state index in [1.807, 2.05) is 0 Å². The van der Waals surface area contributed by atoms with E-state index in [9.17, 15) is 14.9 Å². The molecule has 10 nitrogen and oxygen atoms in total. The molecule has 13 heteroatoms. The van der Waals surface area contributed by atoms with Gasteiger partial charge in [0.25, 0.3) is 11.2 Å². The largest absolute Gasteiger partial charge is 0.323 e. The minimum absolute atomic E-state index is 0.0256. The molecule has 0 unspecified atom stereocenters. The number of halogens is 2. The molecule has 6 rings (SSSR count). The van der Waals surface area contributed by atoms with Gasteiger partial charge in [0.1, 0.15) is 10.7 Å². The van der Waals surface area contributed by atoms with Crippen LogP contribution in [0.15, 0.2) is 64.8 Å². The third kappa shape index (κ3) is 4.06. The highest BCUT2D eigenvalue weighted by molar-refractivity contribution is 7.13. The number of H-pyrrole nitrogens is 1. The van der Waals surface area contributed by atoms with Crippen LogP contribution in [0.4, 0.5) is 17.3 Å². The maximum absolute atomic E-state index is 13.3. The second-order valence-electron chi connectivity index (χ2n) is 8.30. The van der Waals surface area contributed by atoms with Gasteiger partial charge in [0.15, 0.2) is 5.82 Å². The molecule has 0 radical (unpaired) electrons. The van der Waals surface area contributed by atoms with Crippen LogP contribution in [0.5, 0.6) is 0 Å². The molecule has 0 aliphatic heterocycles. The number of aryl methyl sites for hydroxylation is 1. The number of aromatic amines is 1. The average molecular weight is 564 g/mol. The number of nitro benzene ring substituents is 1. The number of nitro groups is 1. The molecule has 0 atom stereocenters. The summed E-state index contributed by atoms with van der Waals surface area (Å²) >= 11 is 13.9. The van der Waals surface area contributed by atoms with E-state index in [0.717, 1.165) is 0 Å². The number of hydrogen-bond acceptors (Lipinski definition) is 8. The SMILES string of the molecule is Cn1c(Nc2c(Cl)cccc2Cl)nc2ccc3nc(-c4csc(-c5cccc([N+](=O)[O-])c5)n4)[nH]c(=O)c3c21. The highest BCUT2D eigenvalue weighted by Crippen LogP contribution is 2.34. The molecule has 3 aromatic heterocycles. The normalized spacial score (nSPS) is 11.3. The monoisotopic (exact) mass is 563 g/mol. The summed E-state index contributed by atoms with van der Waals surface area (Å²) in [6.07, 6.45) is 0. The molecule has 3 heterocycles. The lowest BCUT2D eigenvalue weighted by molar-refractivity contribution is -0.384. The lowest BCUT2D eigenvalue weighted by atomic mass is 10.2. The summed E-state index contributed by atoms with van der Waals surface area (Å²) < 4.78 is 1.75. The van der Waals surface area contributed by atoms with Crippen LogP contribution in [0.25, 0.3) is 44.0 Å². The van der Waals surface area contributed by atoms with Crippen LogP contribution in [-0.2, 0) is 7.05 Å². The van der Waals surface area contributed by atoms with Gasteiger partial charge in [-0.1, -0.05) is 41.4 Å². The fourth-order valence-corrected chi connectivity index (χ4v) is 5.45. The van der Waals surface area contributed by atoms with Gasteiger partial charge in [-0.3, -0.25) is 14.9 Å². The van der Waals surface area contributed by atoms with E-state index in [2.05, 4.69) is 25.3 Å². The van der Waals surface area contributed by atoms with Crippen LogP contribution in [0.3, 0.4) is 0 Å². The van der Waals surface area contributed by atoms with Gasteiger partial charge in [-0.15, -0.1) is 11.3 Å². The highest BCUT2D eigenvalue weighted by Gasteiger charge is 2.18. The first-order valence-electron chi connectivity index (χ1n) is 11.1. The molecule has 38 heavy (non-hydrogen) atoms. The predicted octanol–water partition coefficient (Wildman–Crippen LogP) is 6.56. The molecule has 0 aliphatic rings. The number of non-ortho nitro benzene ring substituents is 1. The Bertz CT molecular complexity index is 1940. The molecular weight excluding hydrogens is 549 g/mol. The molecule has 0 saturated carbocycles. The van der Waals surface area contributed by atoms with E-state index >= 15 is 0 Å². The lowest BCUT2D eigenvalue weighted by Gasteiger charge is -2.10. The zero-order chi connectivity index (χ0) is 26.6. The zero-order valence-corrected chi connectivity index (χ0v) is 21.7. The molecule has 0 saturated heterocycles. The van der Waals surface area contributed by atoms with E-state index < -0.39 is 4.92 Å². The number of nitrogens with one attached hydrogen (secondary N) is 2. The number of thiazole rings is 1. The minimum Gasteiger partial charge on any atom is -0.323 e. The Morgan fingerprint density at radius 3 is 2.53 bits per heavy atom. The van der Waals surface area contributed by atoms with Crippen molar-refractivity contribution >= 4 is 73.8 Å². The summed E-state index contributed by atoms with van der Waals surface area (Å²) in [6, 6.07) is 14.9. The van der Waals surface area contributed by atoms with Gasteiger partial charge in [0, 0.05) is 30.1 Å². The Morgan fingerprint density at radius 1 is 1.03 bits per heavy atom. The van der Waals surface area contributed by atoms with E-state index in [-0.39, 0.29) is 17.1 Å². The topological polar surface area (TPSA) is 132 Å². The van der Waals surface area contributed by atoms with Gasteiger partial charge in [-0.2, -0.15) is 0 Å². The molecular formula is C25H15Cl2N7O3S. The first kappa shape index (κ1) is 24.0. The number of fused-ring (bicyclic) bond motifs is 3. The fraction of sp³-hybridized carbons (Fsp3) is 0.0400. The third-order valence-electron chi connectivity index (χ3n) is 5.96. The molecule has 0 spiro atoms. The van der Waals surface area contributed by atoms with Crippen molar-refractivity contribution in [1.82, 2.24) is 24.5 Å². The summed E-state index contributed by atoms with van der Waals surface area (Å²) in [5.41, 5.74) is 2.83. The molecule has 3 aromatic carbocycles. The van der Waals surface area contributed by atoms with Crippen molar-refractivity contribution in [2.45, 2.75) is 0 Å². The van der Waals surface area contributed by atoms with Crippen LogP contribution in [0, 0.1) is 10.1 Å². The van der Waals surface area contributed by atoms with Crippen molar-refractivity contribution in [3.8, 4) is 22.1 Å². The Labute approximate surface area is 227 Å². The second kappa shape index (κ2) is 9.21. The van der Waals surface area contributed by atoms with Crippen molar-refractivity contribution in [3.63, 3.8) is 0 Å². The summed E-state index contributed by atoms with van der Waals surface area (Å²) in [5, 5.41) is 17.8. The highest BCUT2D eigenvalue weighted by atomic mass is 35.5. The van der Waals surface area contributed by atoms with E-state index in [4.69, 9.17) is 23.2 Å². The maximum Gasteiger partial charge on any atom is 0.270 e. The van der Waals surface area contributed by atoms with Crippen molar-refractivity contribution in [3.05, 3.63) is 90.5 Å². The smallest absolute Gasteiger partial charge is 0.270 e. The van der Waals surface area contributed by atoms with Gasteiger partial charge in [0.05, 0.1) is 42.6 Å². The number of nitrogens with zero attached hydrogens (tertiary/aromatic N) is 5. The van der Waals surface area contributed by atoms with Crippen LogP contribution < -0.4 is 10.9 Å². The fourth-order valence-electron chi connectivity index (χ4n) is 4.16. The first-order chi connectivity index (χ1) is 18.3. The third-order valence-corrected chi connectivity index (χ3v) is 7.48. The Hall–Kier alpha value is -4.32. The molecule has 0 bridgehead atoms. The first-order valence-corrected chi connectivity index (χ1v) is 12.7. The predicted molar refractivity (Wildman–Crippen MR) is 150 cm³/mol. The molecule has 6 aromatic rings. The molecule has 0 amide bonds. The van der Waals surface area contributed by atoms with E-state index in [0.29, 0.717) is 59.9 Å². The standard InChI is InChI=1S/C25H15Cl2N7O3S/c1-33-21-17(30-25(33)31-20-14(26)6-3-7-15(20)27)9-8-16-19(21)23(35)32-22(28-16)18-11-38-24(29-18)12-4-2-5-13(10-12)34(36)37/h2-11H,1H3,(H,30,31)(H,28,32,35). The van der Waals surface area contributed by atoms with Crippen LogP contribution in [0.1, 0.15) is 0 Å². The number of para-hydroxylation sites is 1. The summed E-state index contributed by atoms with van der Waals surface area (Å²) in [7, 11) is 1.78. The molecule has 0 fully saturated rings. The van der Waals surface area contributed by atoms with Crippen LogP contribution >= 0.6 is 34.5 Å². The number of hydrogen-bond donors (Lipinski definition) is 2. The average Bonchev–Trinajstić information content (AvgIpc) is 3.51. The minimum atomic E-state index is -0.455. The number of benzene rings is 3. The van der Waals surface area contributed by atoms with Crippen molar-refractivity contribution < 1.29 is 4.92 Å². The van der Waals surface area contributed by atoms with Crippen molar-refractivity contribution in [1.29, 1.82) is 0 Å². The second-order valence-corrected chi connectivity index (χ2v) is 9.98. The van der Waals surface area contributed by atoms with Gasteiger partial charge in [-0.25, -0.2) is 15.0 Å². The lowest BCUT2D eigenvalue weighted by Crippen LogP contribution is -2.11. The summed E-state index contributed by atoms with van der Waals surface area (Å²) in [4.78, 5) is 40.6. The number of aromatic nitrogens is 5. The Morgan fingerprint density at radius 2 is 1.76 bits per heavy atom. The number of imidazole rings is 1. The van der Waals surface area contributed by atoms with Crippen molar-refractivity contribution in [2.75, 3.05) is 5.32 Å². The molecule has 2 N–H and O–H groups in total. The van der Waals surface area contributed by atoms with Gasteiger partial charge < -0.3 is 14.9 Å².